The average molecular weight is 433 g/mol. The minimum absolute atomic E-state index is 0.117. The molecule has 1 aliphatic rings. The smallest absolute Gasteiger partial charge is 0.224 e. The molecule has 146 valence electrons. The van der Waals surface area contributed by atoms with Crippen LogP contribution in [0.5, 0.6) is 0 Å². The molecule has 3 aromatic rings. The first-order chi connectivity index (χ1) is 13.6. The Hall–Kier alpha value is -1.59. The second-order valence-corrected chi connectivity index (χ2v) is 9.03. The highest BCUT2D eigenvalue weighted by Gasteiger charge is 2.21. The van der Waals surface area contributed by atoms with Gasteiger partial charge in [0.25, 0.3) is 0 Å². The van der Waals surface area contributed by atoms with Gasteiger partial charge in [0.05, 0.1) is 16.5 Å². The fraction of sp³-hybridized carbons (Fsp3) is 0.318. The highest BCUT2D eigenvalue weighted by molar-refractivity contribution is 7.17. The SMILES string of the molecule is O=C(Cc1csc2ccccc12)NC1CCN(Cc2ccc(Cl)c(Cl)c2)CC1. The maximum absolute atomic E-state index is 12.5. The van der Waals surface area contributed by atoms with Gasteiger partial charge in [-0.05, 0) is 52.9 Å². The van der Waals surface area contributed by atoms with E-state index < -0.39 is 0 Å². The molecule has 1 aliphatic heterocycles. The van der Waals surface area contributed by atoms with Crippen molar-refractivity contribution in [3.05, 3.63) is 69.0 Å². The molecule has 1 amide bonds. The van der Waals surface area contributed by atoms with Crippen molar-refractivity contribution >= 4 is 50.5 Å². The van der Waals surface area contributed by atoms with Crippen molar-refractivity contribution in [3.63, 3.8) is 0 Å². The molecule has 0 radical (unpaired) electrons. The number of nitrogens with zero attached hydrogens (tertiary/aromatic N) is 1. The zero-order valence-corrected chi connectivity index (χ0v) is 17.8. The third kappa shape index (κ3) is 4.69. The zero-order valence-electron chi connectivity index (χ0n) is 15.5. The first-order valence-electron chi connectivity index (χ1n) is 9.49. The molecule has 1 saturated heterocycles. The predicted molar refractivity (Wildman–Crippen MR) is 118 cm³/mol. The van der Waals surface area contributed by atoms with Crippen LogP contribution in [0.3, 0.4) is 0 Å². The predicted octanol–water partition coefficient (Wildman–Crippen LogP) is 5.53. The van der Waals surface area contributed by atoms with Gasteiger partial charge < -0.3 is 5.32 Å². The number of carbonyl (C=O) groups is 1. The second-order valence-electron chi connectivity index (χ2n) is 7.30. The van der Waals surface area contributed by atoms with Gasteiger partial charge in [-0.1, -0.05) is 47.5 Å². The normalized spacial score (nSPS) is 15.8. The highest BCUT2D eigenvalue weighted by Crippen LogP contribution is 2.26. The summed E-state index contributed by atoms with van der Waals surface area (Å²) in [7, 11) is 0. The van der Waals surface area contributed by atoms with E-state index in [0.29, 0.717) is 16.5 Å². The number of halogens is 2. The molecule has 1 aromatic heterocycles. The number of nitrogens with one attached hydrogen (secondary N) is 1. The molecule has 28 heavy (non-hydrogen) atoms. The van der Waals surface area contributed by atoms with Gasteiger partial charge >= 0.3 is 0 Å². The van der Waals surface area contributed by atoms with Gasteiger partial charge in [-0.2, -0.15) is 0 Å². The molecule has 0 unspecified atom stereocenters. The number of piperidine rings is 1. The fourth-order valence-corrected chi connectivity index (χ4v) is 5.04. The van der Waals surface area contributed by atoms with Crippen LogP contribution in [0.15, 0.2) is 47.8 Å². The van der Waals surface area contributed by atoms with E-state index in [1.165, 1.54) is 15.6 Å². The largest absolute Gasteiger partial charge is 0.353 e. The summed E-state index contributed by atoms with van der Waals surface area (Å²) in [5, 5.41) is 7.71. The highest BCUT2D eigenvalue weighted by atomic mass is 35.5. The van der Waals surface area contributed by atoms with Crippen LogP contribution in [0.1, 0.15) is 24.0 Å². The van der Waals surface area contributed by atoms with E-state index in [1.54, 1.807) is 11.3 Å². The van der Waals surface area contributed by atoms with Crippen LogP contribution >= 0.6 is 34.5 Å². The van der Waals surface area contributed by atoms with Gasteiger partial charge in [-0.3, -0.25) is 9.69 Å². The standard InChI is InChI=1S/C22H22Cl2N2OS/c23-19-6-5-15(11-20(19)24)13-26-9-7-17(8-10-26)25-22(27)12-16-14-28-21-4-2-1-3-18(16)21/h1-6,11,14,17H,7-10,12-13H2,(H,25,27). The maximum atomic E-state index is 12.5. The maximum Gasteiger partial charge on any atom is 0.224 e. The monoisotopic (exact) mass is 432 g/mol. The molecular weight excluding hydrogens is 411 g/mol. The van der Waals surface area contributed by atoms with Crippen LogP contribution in [0.4, 0.5) is 0 Å². The summed E-state index contributed by atoms with van der Waals surface area (Å²) >= 11 is 13.8. The number of likely N-dealkylation sites (tertiary alicyclic amines) is 1. The third-order valence-corrected chi connectivity index (χ3v) is 7.01. The number of benzene rings is 2. The molecule has 0 aliphatic carbocycles. The molecule has 0 bridgehead atoms. The Kier molecular flexibility index (Phi) is 6.22. The Balaban J connectivity index is 1.27. The van der Waals surface area contributed by atoms with Crippen LogP contribution < -0.4 is 5.32 Å². The number of carbonyl (C=O) groups excluding carboxylic acids is 1. The van der Waals surface area contributed by atoms with Gasteiger partial charge in [0.1, 0.15) is 0 Å². The number of fused-ring (bicyclic) bond motifs is 1. The lowest BCUT2D eigenvalue weighted by molar-refractivity contribution is -0.121. The zero-order chi connectivity index (χ0) is 19.5. The molecule has 0 atom stereocenters. The quantitative estimate of drug-likeness (QED) is 0.574. The molecule has 4 rings (SSSR count). The van der Waals surface area contributed by atoms with Crippen molar-refractivity contribution in [2.75, 3.05) is 13.1 Å². The van der Waals surface area contributed by atoms with E-state index in [9.17, 15) is 4.79 Å². The lowest BCUT2D eigenvalue weighted by Gasteiger charge is -2.32. The van der Waals surface area contributed by atoms with Crippen molar-refractivity contribution in [1.29, 1.82) is 0 Å². The van der Waals surface area contributed by atoms with E-state index >= 15 is 0 Å². The van der Waals surface area contributed by atoms with E-state index in [2.05, 4.69) is 27.7 Å². The van der Waals surface area contributed by atoms with Crippen LogP contribution in [0.2, 0.25) is 10.0 Å². The van der Waals surface area contributed by atoms with E-state index in [4.69, 9.17) is 23.2 Å². The van der Waals surface area contributed by atoms with Crippen LogP contribution in [0, 0.1) is 0 Å². The van der Waals surface area contributed by atoms with Crippen LogP contribution in [-0.2, 0) is 17.8 Å². The van der Waals surface area contributed by atoms with Crippen LogP contribution in [0.25, 0.3) is 10.1 Å². The summed E-state index contributed by atoms with van der Waals surface area (Å²) in [6.07, 6.45) is 2.39. The summed E-state index contributed by atoms with van der Waals surface area (Å²) in [5.41, 5.74) is 2.29. The molecular formula is C22H22Cl2N2OS. The van der Waals surface area contributed by atoms with E-state index in [0.717, 1.165) is 38.0 Å². The summed E-state index contributed by atoms with van der Waals surface area (Å²) < 4.78 is 1.24. The summed E-state index contributed by atoms with van der Waals surface area (Å²) in [6, 6.07) is 14.3. The molecule has 6 heteroatoms. The Morgan fingerprint density at radius 2 is 1.89 bits per heavy atom. The van der Waals surface area contributed by atoms with Crippen molar-refractivity contribution in [1.82, 2.24) is 10.2 Å². The number of amides is 1. The Labute approximate surface area is 179 Å². The molecule has 2 heterocycles. The molecule has 0 saturated carbocycles. The molecule has 1 N–H and O–H groups in total. The number of rotatable bonds is 5. The van der Waals surface area contributed by atoms with Gasteiger partial charge in [0.2, 0.25) is 5.91 Å². The number of hydrogen-bond acceptors (Lipinski definition) is 3. The summed E-state index contributed by atoms with van der Waals surface area (Å²) in [6.45, 7) is 2.79. The third-order valence-electron chi connectivity index (χ3n) is 5.26. The number of hydrogen-bond donors (Lipinski definition) is 1. The van der Waals surface area contributed by atoms with Gasteiger partial charge in [-0.25, -0.2) is 0 Å². The lowest BCUT2D eigenvalue weighted by atomic mass is 10.0. The minimum atomic E-state index is 0.117. The molecule has 2 aromatic carbocycles. The summed E-state index contributed by atoms with van der Waals surface area (Å²) in [5.74, 6) is 0.117. The van der Waals surface area contributed by atoms with Gasteiger partial charge in [-0.15, -0.1) is 11.3 Å². The van der Waals surface area contributed by atoms with Crippen LogP contribution in [-0.4, -0.2) is 29.9 Å². The van der Waals surface area contributed by atoms with Crippen molar-refractivity contribution in [2.24, 2.45) is 0 Å². The number of thiophene rings is 1. The molecule has 3 nitrogen and oxygen atoms in total. The minimum Gasteiger partial charge on any atom is -0.353 e. The first-order valence-corrected chi connectivity index (χ1v) is 11.1. The topological polar surface area (TPSA) is 32.3 Å². The average Bonchev–Trinajstić information content (AvgIpc) is 3.09. The van der Waals surface area contributed by atoms with E-state index in [1.807, 2.05) is 30.3 Å². The van der Waals surface area contributed by atoms with Crippen molar-refractivity contribution in [2.45, 2.75) is 31.8 Å². The lowest BCUT2D eigenvalue weighted by Crippen LogP contribution is -2.44. The van der Waals surface area contributed by atoms with E-state index in [-0.39, 0.29) is 11.9 Å². The van der Waals surface area contributed by atoms with Gasteiger partial charge in [0, 0.05) is 30.4 Å². The summed E-state index contributed by atoms with van der Waals surface area (Å²) in [4.78, 5) is 14.9. The van der Waals surface area contributed by atoms with Crippen molar-refractivity contribution in [3.8, 4) is 0 Å². The Morgan fingerprint density at radius 3 is 2.68 bits per heavy atom. The fourth-order valence-electron chi connectivity index (χ4n) is 3.75. The molecule has 0 spiro atoms. The first kappa shape index (κ1) is 19.7. The second kappa shape index (κ2) is 8.83. The molecule has 1 fully saturated rings. The van der Waals surface area contributed by atoms with Crippen molar-refractivity contribution < 1.29 is 4.79 Å². The Bertz CT molecular complexity index is 980. The van der Waals surface area contributed by atoms with Gasteiger partial charge in [0.15, 0.2) is 0 Å². The Morgan fingerprint density at radius 1 is 1.11 bits per heavy atom.